The quantitative estimate of drug-likeness (QED) is 0.774. The summed E-state index contributed by atoms with van der Waals surface area (Å²) in [6.45, 7) is 0. The van der Waals surface area contributed by atoms with Gasteiger partial charge in [-0.1, -0.05) is 6.07 Å². The summed E-state index contributed by atoms with van der Waals surface area (Å²) in [6.07, 6.45) is 9.91. The van der Waals surface area contributed by atoms with Gasteiger partial charge in [0.2, 0.25) is 0 Å². The molecule has 84 valence electrons. The molecule has 2 nitrogen and oxygen atoms in total. The van der Waals surface area contributed by atoms with Gasteiger partial charge in [0.1, 0.15) is 0 Å². The molecule has 1 heterocycles. The van der Waals surface area contributed by atoms with E-state index in [2.05, 4.69) is 40.3 Å². The van der Waals surface area contributed by atoms with Crippen molar-refractivity contribution in [1.29, 1.82) is 0 Å². The fourth-order valence-corrected chi connectivity index (χ4v) is 3.00. The van der Waals surface area contributed by atoms with E-state index in [1.807, 2.05) is 30.5 Å². The third kappa shape index (κ3) is 2.28. The van der Waals surface area contributed by atoms with Crippen LogP contribution in [0.5, 0.6) is 0 Å². The molecule has 2 rings (SSSR count). The lowest BCUT2D eigenvalue weighted by Crippen LogP contribution is -1.98. The summed E-state index contributed by atoms with van der Waals surface area (Å²) in [5.74, 6) is 1.03. The minimum atomic E-state index is 1.03. The number of imidazole rings is 1. The Hall–Kier alpha value is -0.870. The van der Waals surface area contributed by atoms with Crippen LogP contribution < -0.4 is 0 Å². The average molecular weight is 250 g/mol. The zero-order chi connectivity index (χ0) is 11.4. The van der Waals surface area contributed by atoms with Crippen LogP contribution in [-0.2, 0) is 5.75 Å². The van der Waals surface area contributed by atoms with E-state index >= 15 is 0 Å². The molecule has 0 unspecified atom stereocenters. The third-order valence-corrected chi connectivity index (χ3v) is 3.80. The molecule has 0 amide bonds. The van der Waals surface area contributed by atoms with E-state index in [0.29, 0.717) is 0 Å². The van der Waals surface area contributed by atoms with Gasteiger partial charge >= 0.3 is 0 Å². The first-order valence-electron chi connectivity index (χ1n) is 5.00. The van der Waals surface area contributed by atoms with Gasteiger partial charge in [0, 0.05) is 23.0 Å². The van der Waals surface area contributed by atoms with Crippen LogP contribution >= 0.6 is 23.5 Å². The lowest BCUT2D eigenvalue weighted by Gasteiger charge is -2.13. The number of rotatable bonds is 4. The molecule has 16 heavy (non-hydrogen) atoms. The molecule has 0 fully saturated rings. The zero-order valence-corrected chi connectivity index (χ0v) is 11.0. The second-order valence-electron chi connectivity index (χ2n) is 3.36. The Labute approximate surface area is 104 Å². The van der Waals surface area contributed by atoms with Gasteiger partial charge < -0.3 is 4.57 Å². The summed E-state index contributed by atoms with van der Waals surface area (Å²) in [7, 11) is 0. The number of hydrogen-bond acceptors (Lipinski definition) is 3. The van der Waals surface area contributed by atoms with Crippen LogP contribution in [-0.4, -0.2) is 22.1 Å². The highest BCUT2D eigenvalue weighted by atomic mass is 32.2. The smallest absolute Gasteiger partial charge is 0.0991 e. The first-order chi connectivity index (χ1) is 7.86. The van der Waals surface area contributed by atoms with E-state index in [4.69, 9.17) is 0 Å². The van der Waals surface area contributed by atoms with Crippen LogP contribution in [0.3, 0.4) is 0 Å². The Bertz CT molecular complexity index is 452. The molecule has 0 aliphatic heterocycles. The van der Waals surface area contributed by atoms with E-state index in [-0.39, 0.29) is 0 Å². The summed E-state index contributed by atoms with van der Waals surface area (Å²) in [4.78, 5) is 5.45. The fraction of sp³-hybridized carbons (Fsp3) is 0.250. The van der Waals surface area contributed by atoms with Gasteiger partial charge in [-0.3, -0.25) is 0 Å². The Kier molecular flexibility index (Phi) is 3.96. The minimum absolute atomic E-state index is 1.03. The maximum atomic E-state index is 4.10. The highest BCUT2D eigenvalue weighted by Crippen LogP contribution is 2.28. The first-order valence-corrected chi connectivity index (χ1v) is 7.62. The van der Waals surface area contributed by atoms with Crippen molar-refractivity contribution in [3.05, 3.63) is 42.5 Å². The largest absolute Gasteiger partial charge is 0.306 e. The Morgan fingerprint density at radius 3 is 2.81 bits per heavy atom. The summed E-state index contributed by atoms with van der Waals surface area (Å²) in [5.41, 5.74) is 2.62. The molecule has 0 aliphatic carbocycles. The van der Waals surface area contributed by atoms with Gasteiger partial charge in [0.25, 0.3) is 0 Å². The van der Waals surface area contributed by atoms with Crippen molar-refractivity contribution in [2.24, 2.45) is 0 Å². The molecule has 0 aliphatic rings. The van der Waals surface area contributed by atoms with Crippen LogP contribution in [0.25, 0.3) is 5.69 Å². The van der Waals surface area contributed by atoms with Gasteiger partial charge in [-0.25, -0.2) is 4.98 Å². The number of hydrogen-bond donors (Lipinski definition) is 0. The maximum absolute atomic E-state index is 4.10. The Morgan fingerprint density at radius 1 is 1.31 bits per heavy atom. The molecule has 1 aromatic carbocycles. The van der Waals surface area contributed by atoms with Crippen molar-refractivity contribution in [3.8, 4) is 5.69 Å². The highest BCUT2D eigenvalue weighted by Gasteiger charge is 2.08. The lowest BCUT2D eigenvalue weighted by atomic mass is 10.2. The van der Waals surface area contributed by atoms with Gasteiger partial charge in [-0.05, 0) is 30.2 Å². The minimum Gasteiger partial charge on any atom is -0.306 e. The summed E-state index contributed by atoms with van der Waals surface area (Å²) in [5, 5.41) is 0. The second-order valence-corrected chi connectivity index (χ2v) is 5.08. The van der Waals surface area contributed by atoms with Crippen LogP contribution in [0.15, 0.2) is 41.8 Å². The van der Waals surface area contributed by atoms with Gasteiger partial charge in [0.05, 0.1) is 12.0 Å². The van der Waals surface area contributed by atoms with Crippen LogP contribution in [0.4, 0.5) is 0 Å². The van der Waals surface area contributed by atoms with Gasteiger partial charge in [-0.15, -0.1) is 11.8 Å². The van der Waals surface area contributed by atoms with Crippen molar-refractivity contribution < 1.29 is 0 Å². The molecular formula is C12H14N2S2. The molecule has 0 radical (unpaired) electrons. The predicted molar refractivity (Wildman–Crippen MR) is 72.6 cm³/mol. The van der Waals surface area contributed by atoms with Crippen LogP contribution in [0, 0.1) is 0 Å². The van der Waals surface area contributed by atoms with E-state index in [1.165, 1.54) is 16.1 Å². The zero-order valence-electron chi connectivity index (χ0n) is 9.38. The second kappa shape index (κ2) is 5.46. The number of benzene rings is 1. The van der Waals surface area contributed by atoms with Crippen molar-refractivity contribution in [1.82, 2.24) is 9.55 Å². The van der Waals surface area contributed by atoms with E-state index in [1.54, 1.807) is 11.8 Å². The van der Waals surface area contributed by atoms with Crippen molar-refractivity contribution >= 4 is 23.5 Å². The highest BCUT2D eigenvalue weighted by molar-refractivity contribution is 7.99. The standard InChI is InChI=1S/C12H14N2S2/c1-15-8-10-11(14-7-6-13-9-14)4-3-5-12(10)16-2/h3-7,9H,8H2,1-2H3. The monoisotopic (exact) mass is 250 g/mol. The van der Waals surface area contributed by atoms with E-state index < -0.39 is 0 Å². The number of aromatic nitrogens is 2. The first kappa shape index (κ1) is 11.6. The Balaban J connectivity index is 2.51. The SMILES string of the molecule is CSCc1c(SC)cccc1-n1ccnc1. The van der Waals surface area contributed by atoms with E-state index in [0.717, 1.165) is 5.75 Å². The van der Waals surface area contributed by atoms with Crippen molar-refractivity contribution in [3.63, 3.8) is 0 Å². The molecule has 1 aromatic heterocycles. The summed E-state index contributed by atoms with van der Waals surface area (Å²) in [6, 6.07) is 6.43. The molecule has 0 bridgehead atoms. The van der Waals surface area contributed by atoms with Crippen LogP contribution in [0.2, 0.25) is 0 Å². The molecule has 0 spiro atoms. The molecule has 0 atom stereocenters. The molecule has 4 heteroatoms. The van der Waals surface area contributed by atoms with Crippen molar-refractivity contribution in [2.45, 2.75) is 10.6 Å². The summed E-state index contributed by atoms with van der Waals surface area (Å²) >= 11 is 3.65. The molecular weight excluding hydrogens is 236 g/mol. The third-order valence-electron chi connectivity index (χ3n) is 2.40. The van der Waals surface area contributed by atoms with E-state index in [9.17, 15) is 0 Å². The molecule has 0 saturated carbocycles. The average Bonchev–Trinajstić information content (AvgIpc) is 2.83. The van der Waals surface area contributed by atoms with Crippen molar-refractivity contribution in [2.75, 3.05) is 12.5 Å². The number of thioether (sulfide) groups is 2. The number of nitrogens with zero attached hydrogens (tertiary/aromatic N) is 2. The molecule has 2 aromatic rings. The Morgan fingerprint density at radius 2 is 2.19 bits per heavy atom. The van der Waals surface area contributed by atoms with Crippen LogP contribution in [0.1, 0.15) is 5.56 Å². The normalized spacial score (nSPS) is 10.6. The topological polar surface area (TPSA) is 17.8 Å². The fourth-order valence-electron chi connectivity index (χ4n) is 1.68. The predicted octanol–water partition coefficient (Wildman–Crippen LogP) is 3.46. The lowest BCUT2D eigenvalue weighted by molar-refractivity contribution is 1.02. The molecule has 0 saturated heterocycles. The maximum Gasteiger partial charge on any atom is 0.0991 e. The summed E-state index contributed by atoms with van der Waals surface area (Å²) < 4.78 is 2.07. The van der Waals surface area contributed by atoms with Gasteiger partial charge in [0.15, 0.2) is 0 Å². The molecule has 0 N–H and O–H groups in total. The van der Waals surface area contributed by atoms with Gasteiger partial charge in [-0.2, -0.15) is 11.8 Å².